The molecule has 6 nitrogen and oxygen atoms in total. The number of amides is 1. The molecule has 0 atom stereocenters. The molecule has 7 heteroatoms. The van der Waals surface area contributed by atoms with E-state index in [4.69, 9.17) is 4.74 Å². The highest BCUT2D eigenvalue weighted by atomic mass is 32.2. The van der Waals surface area contributed by atoms with E-state index in [-0.39, 0.29) is 4.90 Å². The van der Waals surface area contributed by atoms with E-state index in [0.29, 0.717) is 43.5 Å². The third-order valence-corrected chi connectivity index (χ3v) is 8.48. The molecule has 1 aliphatic carbocycles. The van der Waals surface area contributed by atoms with Gasteiger partial charge in [-0.3, -0.25) is 4.79 Å². The van der Waals surface area contributed by atoms with Gasteiger partial charge in [0.15, 0.2) is 14.6 Å². The van der Waals surface area contributed by atoms with Crippen molar-refractivity contribution in [1.29, 1.82) is 0 Å². The lowest BCUT2D eigenvalue weighted by atomic mass is 10.1. The van der Waals surface area contributed by atoms with Gasteiger partial charge in [-0.1, -0.05) is 37.1 Å². The van der Waals surface area contributed by atoms with Crippen LogP contribution in [0.25, 0.3) is 6.08 Å². The molecule has 32 heavy (non-hydrogen) atoms. The molecule has 1 fully saturated rings. The van der Waals surface area contributed by atoms with Crippen molar-refractivity contribution in [2.24, 2.45) is 0 Å². The van der Waals surface area contributed by atoms with Crippen molar-refractivity contribution in [1.82, 2.24) is 0 Å². The molecule has 1 saturated carbocycles. The van der Waals surface area contributed by atoms with Gasteiger partial charge in [0.05, 0.1) is 11.5 Å². The summed E-state index contributed by atoms with van der Waals surface area (Å²) in [6.07, 6.45) is 4.93. The average Bonchev–Trinajstić information content (AvgIpc) is 3.27. The Balaban J connectivity index is 1.84. The van der Waals surface area contributed by atoms with Crippen molar-refractivity contribution in [3.63, 3.8) is 0 Å². The zero-order valence-corrected chi connectivity index (χ0v) is 19.5. The van der Waals surface area contributed by atoms with Crippen LogP contribution < -0.4 is 5.32 Å². The van der Waals surface area contributed by atoms with Gasteiger partial charge in [0.2, 0.25) is 5.91 Å². The molecule has 2 aromatic rings. The van der Waals surface area contributed by atoms with Crippen molar-refractivity contribution in [3.8, 4) is 0 Å². The first-order chi connectivity index (χ1) is 15.2. The van der Waals surface area contributed by atoms with E-state index in [1.54, 1.807) is 56.3 Å². The highest BCUT2D eigenvalue weighted by Crippen LogP contribution is 2.42. The molecule has 0 saturated heterocycles. The summed E-state index contributed by atoms with van der Waals surface area (Å²) in [6, 6.07) is 12.2. The maximum absolute atomic E-state index is 13.7. The number of esters is 1. The number of ether oxygens (including phenoxy) is 1. The number of aryl methyl sites for hydroxylation is 2. The molecule has 170 valence electrons. The third kappa shape index (κ3) is 4.78. The summed E-state index contributed by atoms with van der Waals surface area (Å²) in [5, 5.41) is 2.81. The number of nitrogens with one attached hydrogen (secondary N) is 1. The van der Waals surface area contributed by atoms with Gasteiger partial charge in [0, 0.05) is 11.8 Å². The van der Waals surface area contributed by atoms with Gasteiger partial charge in [0.1, 0.15) is 0 Å². The van der Waals surface area contributed by atoms with E-state index in [1.165, 1.54) is 6.08 Å². The number of anilines is 1. The van der Waals surface area contributed by atoms with E-state index in [9.17, 15) is 18.0 Å². The Morgan fingerprint density at radius 2 is 1.72 bits per heavy atom. The number of hydrogen-bond acceptors (Lipinski definition) is 5. The van der Waals surface area contributed by atoms with Crippen LogP contribution in [0, 0.1) is 13.8 Å². The first-order valence-electron chi connectivity index (χ1n) is 10.8. The van der Waals surface area contributed by atoms with E-state index in [2.05, 4.69) is 5.32 Å². The van der Waals surface area contributed by atoms with Gasteiger partial charge in [-0.15, -0.1) is 0 Å². The lowest BCUT2D eigenvalue weighted by Gasteiger charge is -2.28. The van der Waals surface area contributed by atoms with Crippen LogP contribution in [0.3, 0.4) is 0 Å². The Morgan fingerprint density at radius 3 is 2.34 bits per heavy atom. The monoisotopic (exact) mass is 455 g/mol. The minimum atomic E-state index is -3.88. The molecule has 2 aromatic carbocycles. The number of hydrogen-bond donors (Lipinski definition) is 1. The standard InChI is InChI=1S/C25H29NO5S/c1-4-31-23(27)14-11-20-9-12-21(13-10-20)26-24(28)25(15-5-6-16-25)32(29,30)22-17-18(2)7-8-19(22)3/h7-14,17H,4-6,15-16H2,1-3H3,(H,26,28)/b14-11+. The Hall–Kier alpha value is -2.93. The topological polar surface area (TPSA) is 89.5 Å². The Kier molecular flexibility index (Phi) is 7.19. The summed E-state index contributed by atoms with van der Waals surface area (Å²) < 4.78 is 30.8. The molecule has 0 bridgehead atoms. The Bertz CT molecular complexity index is 1130. The quantitative estimate of drug-likeness (QED) is 0.487. The first-order valence-corrected chi connectivity index (χ1v) is 12.3. The zero-order valence-electron chi connectivity index (χ0n) is 18.7. The average molecular weight is 456 g/mol. The van der Waals surface area contributed by atoms with Crippen LogP contribution in [0.4, 0.5) is 5.69 Å². The molecule has 1 N–H and O–H groups in total. The third-order valence-electron chi connectivity index (χ3n) is 5.84. The highest BCUT2D eigenvalue weighted by molar-refractivity contribution is 7.93. The van der Waals surface area contributed by atoms with Crippen molar-refractivity contribution in [3.05, 3.63) is 65.2 Å². The molecular weight excluding hydrogens is 426 g/mol. The lowest BCUT2D eigenvalue weighted by Crippen LogP contribution is -2.47. The molecule has 0 radical (unpaired) electrons. The molecule has 1 aliphatic rings. The number of benzene rings is 2. The van der Waals surface area contributed by atoms with Gasteiger partial charge in [-0.25, -0.2) is 13.2 Å². The van der Waals surface area contributed by atoms with Gasteiger partial charge >= 0.3 is 5.97 Å². The number of rotatable bonds is 7. The lowest BCUT2D eigenvalue weighted by molar-refractivity contribution is -0.137. The minimum Gasteiger partial charge on any atom is -0.463 e. The molecule has 0 aliphatic heterocycles. The molecule has 1 amide bonds. The summed E-state index contributed by atoms with van der Waals surface area (Å²) in [6.45, 7) is 5.65. The molecule has 0 spiro atoms. The highest BCUT2D eigenvalue weighted by Gasteiger charge is 2.53. The van der Waals surface area contributed by atoms with Crippen molar-refractivity contribution in [2.45, 2.75) is 56.1 Å². The molecular formula is C25H29NO5S. The van der Waals surface area contributed by atoms with Crippen LogP contribution in [0.2, 0.25) is 0 Å². The summed E-state index contributed by atoms with van der Waals surface area (Å²) in [5.74, 6) is -0.921. The predicted octanol–water partition coefficient (Wildman–Crippen LogP) is 4.60. The maximum Gasteiger partial charge on any atom is 0.330 e. The Morgan fingerprint density at radius 1 is 1.06 bits per heavy atom. The van der Waals surface area contributed by atoms with Gasteiger partial charge < -0.3 is 10.1 Å². The number of carbonyl (C=O) groups is 2. The maximum atomic E-state index is 13.7. The second-order valence-electron chi connectivity index (χ2n) is 8.14. The summed E-state index contributed by atoms with van der Waals surface area (Å²) in [7, 11) is -3.88. The first kappa shape index (κ1) is 23.7. The second kappa shape index (κ2) is 9.69. The van der Waals surface area contributed by atoms with Crippen molar-refractivity contribution >= 4 is 33.5 Å². The van der Waals surface area contributed by atoms with E-state index in [1.807, 2.05) is 13.0 Å². The van der Waals surface area contributed by atoms with Crippen LogP contribution in [-0.4, -0.2) is 31.6 Å². The fourth-order valence-corrected chi connectivity index (χ4v) is 6.42. The summed E-state index contributed by atoms with van der Waals surface area (Å²) in [5.41, 5.74) is 2.75. The van der Waals surface area contributed by atoms with Crippen LogP contribution in [0.5, 0.6) is 0 Å². The van der Waals surface area contributed by atoms with Crippen molar-refractivity contribution in [2.75, 3.05) is 11.9 Å². The smallest absolute Gasteiger partial charge is 0.330 e. The van der Waals surface area contributed by atoms with Crippen LogP contribution in [0.15, 0.2) is 53.4 Å². The summed E-state index contributed by atoms with van der Waals surface area (Å²) in [4.78, 5) is 25.0. The zero-order chi connectivity index (χ0) is 23.4. The van der Waals surface area contributed by atoms with Gasteiger partial charge in [-0.2, -0.15) is 0 Å². The van der Waals surface area contributed by atoms with E-state index >= 15 is 0 Å². The fourth-order valence-electron chi connectivity index (χ4n) is 4.05. The minimum absolute atomic E-state index is 0.231. The second-order valence-corrected chi connectivity index (χ2v) is 10.4. The number of carbonyl (C=O) groups excluding carboxylic acids is 2. The molecule has 3 rings (SSSR count). The SMILES string of the molecule is CCOC(=O)/C=C/c1ccc(NC(=O)C2(S(=O)(=O)c3cc(C)ccc3C)CCCC2)cc1. The summed E-state index contributed by atoms with van der Waals surface area (Å²) >= 11 is 0. The van der Waals surface area contributed by atoms with E-state index < -0.39 is 26.5 Å². The molecule has 0 heterocycles. The molecule has 0 unspecified atom stereocenters. The van der Waals surface area contributed by atoms with Crippen LogP contribution >= 0.6 is 0 Å². The predicted molar refractivity (Wildman–Crippen MR) is 125 cm³/mol. The van der Waals surface area contributed by atoms with E-state index in [0.717, 1.165) is 11.1 Å². The molecule has 0 aromatic heterocycles. The fraction of sp³-hybridized carbons (Fsp3) is 0.360. The largest absolute Gasteiger partial charge is 0.463 e. The van der Waals surface area contributed by atoms with Gasteiger partial charge in [0.25, 0.3) is 0 Å². The van der Waals surface area contributed by atoms with Crippen LogP contribution in [0.1, 0.15) is 49.3 Å². The van der Waals surface area contributed by atoms with Gasteiger partial charge in [-0.05, 0) is 74.6 Å². The normalized spacial score (nSPS) is 15.6. The Labute approximate surface area is 189 Å². The van der Waals surface area contributed by atoms with Crippen LogP contribution in [-0.2, 0) is 24.2 Å². The van der Waals surface area contributed by atoms with Crippen molar-refractivity contribution < 1.29 is 22.7 Å². The number of sulfone groups is 1.